The summed E-state index contributed by atoms with van der Waals surface area (Å²) in [6, 6.07) is 0. The second kappa shape index (κ2) is 3.05. The third kappa shape index (κ3) is 1.61. The Hall–Kier alpha value is -0.570. The first-order valence-electron chi connectivity index (χ1n) is 4.68. The van der Waals surface area contributed by atoms with Crippen LogP contribution in [-0.2, 0) is 4.79 Å². The van der Waals surface area contributed by atoms with Crippen molar-refractivity contribution in [3.05, 3.63) is 0 Å². The molecule has 1 saturated carbocycles. The SMILES string of the molecule is O=C(CC1CC1)N1CC(CO)C1. The molecule has 0 unspecified atom stereocenters. The van der Waals surface area contributed by atoms with Crippen molar-refractivity contribution in [2.75, 3.05) is 19.7 Å². The van der Waals surface area contributed by atoms with Crippen molar-refractivity contribution in [2.24, 2.45) is 11.8 Å². The lowest BCUT2D eigenvalue weighted by Gasteiger charge is -2.38. The van der Waals surface area contributed by atoms with Crippen LogP contribution >= 0.6 is 0 Å². The predicted molar refractivity (Wildman–Crippen MR) is 44.5 cm³/mol. The molecular formula is C9H15NO2. The van der Waals surface area contributed by atoms with Gasteiger partial charge in [-0.25, -0.2) is 0 Å². The zero-order valence-electron chi connectivity index (χ0n) is 7.20. The van der Waals surface area contributed by atoms with Gasteiger partial charge in [0.15, 0.2) is 0 Å². The zero-order valence-corrected chi connectivity index (χ0v) is 7.20. The molecule has 2 fully saturated rings. The van der Waals surface area contributed by atoms with Crippen LogP contribution in [0.5, 0.6) is 0 Å². The summed E-state index contributed by atoms with van der Waals surface area (Å²) in [6.07, 6.45) is 3.23. The maximum Gasteiger partial charge on any atom is 0.222 e. The molecule has 12 heavy (non-hydrogen) atoms. The molecule has 1 N–H and O–H groups in total. The first kappa shape index (κ1) is 8.05. The maximum atomic E-state index is 11.4. The highest BCUT2D eigenvalue weighted by molar-refractivity contribution is 5.77. The van der Waals surface area contributed by atoms with Gasteiger partial charge >= 0.3 is 0 Å². The van der Waals surface area contributed by atoms with Gasteiger partial charge in [-0.2, -0.15) is 0 Å². The van der Waals surface area contributed by atoms with E-state index in [4.69, 9.17) is 5.11 Å². The van der Waals surface area contributed by atoms with Gasteiger partial charge in [-0.05, 0) is 18.8 Å². The highest BCUT2D eigenvalue weighted by Crippen LogP contribution is 2.33. The van der Waals surface area contributed by atoms with Gasteiger partial charge in [-0.15, -0.1) is 0 Å². The molecule has 1 aliphatic heterocycles. The minimum atomic E-state index is 0.229. The van der Waals surface area contributed by atoms with E-state index in [0.717, 1.165) is 19.5 Å². The Kier molecular flexibility index (Phi) is 2.05. The lowest BCUT2D eigenvalue weighted by atomic mass is 10.0. The first-order chi connectivity index (χ1) is 5.79. The fraction of sp³-hybridized carbons (Fsp3) is 0.889. The molecule has 0 radical (unpaired) electrons. The average molecular weight is 169 g/mol. The topological polar surface area (TPSA) is 40.5 Å². The molecule has 1 amide bonds. The molecule has 0 spiro atoms. The molecule has 68 valence electrons. The summed E-state index contributed by atoms with van der Waals surface area (Å²) < 4.78 is 0. The van der Waals surface area contributed by atoms with E-state index in [2.05, 4.69) is 0 Å². The number of amides is 1. The van der Waals surface area contributed by atoms with Crippen LogP contribution in [0, 0.1) is 11.8 Å². The standard InChI is InChI=1S/C9H15NO2/c11-6-8-4-10(5-8)9(12)3-7-1-2-7/h7-8,11H,1-6H2. The van der Waals surface area contributed by atoms with Crippen molar-refractivity contribution >= 4 is 5.91 Å². The molecule has 2 aliphatic rings. The molecule has 2 rings (SSSR count). The van der Waals surface area contributed by atoms with Gasteiger partial charge in [-0.3, -0.25) is 4.79 Å². The van der Waals surface area contributed by atoms with E-state index in [1.165, 1.54) is 12.8 Å². The average Bonchev–Trinajstić information content (AvgIpc) is 2.69. The second-order valence-corrected chi connectivity index (χ2v) is 3.99. The Labute approximate surface area is 72.4 Å². The molecule has 1 aliphatic carbocycles. The van der Waals surface area contributed by atoms with Gasteiger partial charge in [0, 0.05) is 32.0 Å². The van der Waals surface area contributed by atoms with E-state index < -0.39 is 0 Å². The Morgan fingerprint density at radius 1 is 1.33 bits per heavy atom. The van der Waals surface area contributed by atoms with Crippen molar-refractivity contribution in [3.63, 3.8) is 0 Å². The van der Waals surface area contributed by atoms with Crippen LogP contribution in [-0.4, -0.2) is 35.6 Å². The largest absolute Gasteiger partial charge is 0.396 e. The number of aliphatic hydroxyl groups excluding tert-OH is 1. The summed E-state index contributed by atoms with van der Waals surface area (Å²) in [5.74, 6) is 1.33. The second-order valence-electron chi connectivity index (χ2n) is 3.99. The number of likely N-dealkylation sites (tertiary alicyclic amines) is 1. The Morgan fingerprint density at radius 2 is 2.00 bits per heavy atom. The third-order valence-corrected chi connectivity index (χ3v) is 2.73. The monoisotopic (exact) mass is 169 g/mol. The molecule has 1 heterocycles. The van der Waals surface area contributed by atoms with Crippen LogP contribution < -0.4 is 0 Å². The Bertz CT molecular complexity index is 183. The van der Waals surface area contributed by atoms with E-state index in [1.807, 2.05) is 4.90 Å². The first-order valence-corrected chi connectivity index (χ1v) is 4.68. The number of carbonyl (C=O) groups is 1. The van der Waals surface area contributed by atoms with E-state index in [9.17, 15) is 4.79 Å². The van der Waals surface area contributed by atoms with Crippen LogP contribution in [0.25, 0.3) is 0 Å². The predicted octanol–water partition coefficient (Wildman–Crippen LogP) is 0.237. The molecular weight excluding hydrogens is 154 g/mol. The van der Waals surface area contributed by atoms with E-state index in [0.29, 0.717) is 17.7 Å². The summed E-state index contributed by atoms with van der Waals surface area (Å²) in [5.41, 5.74) is 0. The van der Waals surface area contributed by atoms with Gasteiger partial charge in [0.25, 0.3) is 0 Å². The fourth-order valence-corrected chi connectivity index (χ4v) is 1.59. The smallest absolute Gasteiger partial charge is 0.222 e. The van der Waals surface area contributed by atoms with Crippen LogP contribution in [0.1, 0.15) is 19.3 Å². The number of hydrogen-bond acceptors (Lipinski definition) is 2. The maximum absolute atomic E-state index is 11.4. The van der Waals surface area contributed by atoms with Crippen molar-refractivity contribution in [3.8, 4) is 0 Å². The van der Waals surface area contributed by atoms with E-state index in [-0.39, 0.29) is 6.61 Å². The van der Waals surface area contributed by atoms with Crippen LogP contribution in [0.2, 0.25) is 0 Å². The summed E-state index contributed by atoms with van der Waals surface area (Å²) in [4.78, 5) is 13.2. The molecule has 0 aromatic heterocycles. The van der Waals surface area contributed by atoms with Gasteiger partial charge < -0.3 is 10.0 Å². The number of aliphatic hydroxyl groups is 1. The van der Waals surface area contributed by atoms with E-state index in [1.54, 1.807) is 0 Å². The zero-order chi connectivity index (χ0) is 8.55. The molecule has 0 atom stereocenters. The fourth-order valence-electron chi connectivity index (χ4n) is 1.59. The number of nitrogens with zero attached hydrogens (tertiary/aromatic N) is 1. The third-order valence-electron chi connectivity index (χ3n) is 2.73. The van der Waals surface area contributed by atoms with Crippen LogP contribution in [0.3, 0.4) is 0 Å². The summed E-state index contributed by atoms with van der Waals surface area (Å²) >= 11 is 0. The van der Waals surface area contributed by atoms with Gasteiger partial charge in [-0.1, -0.05) is 0 Å². The molecule has 3 nitrogen and oxygen atoms in total. The molecule has 0 aromatic carbocycles. The lowest BCUT2D eigenvalue weighted by Crippen LogP contribution is -2.51. The summed E-state index contributed by atoms with van der Waals surface area (Å²) in [6.45, 7) is 1.79. The Balaban J connectivity index is 1.68. The lowest BCUT2D eigenvalue weighted by molar-refractivity contribution is -0.138. The molecule has 1 saturated heterocycles. The van der Waals surface area contributed by atoms with Crippen molar-refractivity contribution < 1.29 is 9.90 Å². The summed E-state index contributed by atoms with van der Waals surface area (Å²) in [5, 5.41) is 8.74. The normalized spacial score (nSPS) is 23.9. The minimum absolute atomic E-state index is 0.229. The molecule has 0 bridgehead atoms. The Morgan fingerprint density at radius 3 is 2.50 bits per heavy atom. The van der Waals surface area contributed by atoms with Gasteiger partial charge in [0.1, 0.15) is 0 Å². The number of rotatable bonds is 3. The van der Waals surface area contributed by atoms with Crippen molar-refractivity contribution in [2.45, 2.75) is 19.3 Å². The quantitative estimate of drug-likeness (QED) is 0.657. The molecule has 3 heteroatoms. The van der Waals surface area contributed by atoms with Crippen LogP contribution in [0.4, 0.5) is 0 Å². The number of carbonyl (C=O) groups excluding carboxylic acids is 1. The highest BCUT2D eigenvalue weighted by Gasteiger charge is 2.33. The molecule has 0 aromatic rings. The number of hydrogen-bond donors (Lipinski definition) is 1. The highest BCUT2D eigenvalue weighted by atomic mass is 16.3. The van der Waals surface area contributed by atoms with Crippen LogP contribution in [0.15, 0.2) is 0 Å². The van der Waals surface area contributed by atoms with Crippen molar-refractivity contribution in [1.82, 2.24) is 4.90 Å². The minimum Gasteiger partial charge on any atom is -0.396 e. The van der Waals surface area contributed by atoms with E-state index >= 15 is 0 Å². The van der Waals surface area contributed by atoms with Crippen molar-refractivity contribution in [1.29, 1.82) is 0 Å². The van der Waals surface area contributed by atoms with Gasteiger partial charge in [0.05, 0.1) is 0 Å². The van der Waals surface area contributed by atoms with Gasteiger partial charge in [0.2, 0.25) is 5.91 Å². The summed E-state index contributed by atoms with van der Waals surface area (Å²) in [7, 11) is 0.